The van der Waals surface area contributed by atoms with Crippen LogP contribution in [-0.4, -0.2) is 37.4 Å². The Morgan fingerprint density at radius 3 is 2.57 bits per heavy atom. The maximum atomic E-state index is 11.8. The lowest BCUT2D eigenvalue weighted by Gasteiger charge is -2.20. The van der Waals surface area contributed by atoms with E-state index in [1.54, 1.807) is 11.6 Å². The lowest BCUT2D eigenvalue weighted by Crippen LogP contribution is -2.36. The Bertz CT molecular complexity index is 683. The van der Waals surface area contributed by atoms with Gasteiger partial charge in [-0.1, -0.05) is 0 Å². The molecule has 0 spiro atoms. The van der Waals surface area contributed by atoms with Gasteiger partial charge in [-0.25, -0.2) is 13.6 Å². The van der Waals surface area contributed by atoms with E-state index in [0.29, 0.717) is 11.4 Å². The monoisotopic (exact) mass is 327 g/mol. The molecule has 2 amide bonds. The van der Waals surface area contributed by atoms with E-state index in [2.05, 4.69) is 5.32 Å². The number of nitrogens with one attached hydrogen (secondary N) is 1. The van der Waals surface area contributed by atoms with Crippen LogP contribution < -0.4 is 10.5 Å². The summed E-state index contributed by atoms with van der Waals surface area (Å²) >= 11 is 1.37. The molecule has 112 valence electrons. The quantitative estimate of drug-likeness (QED) is 0.827. The van der Waals surface area contributed by atoms with Crippen molar-refractivity contribution in [1.82, 2.24) is 4.90 Å². The highest BCUT2D eigenvalue weighted by Crippen LogP contribution is 2.14. The Morgan fingerprint density at radius 2 is 2.00 bits per heavy atom. The van der Waals surface area contributed by atoms with E-state index in [4.69, 9.17) is 5.14 Å². The van der Waals surface area contributed by atoms with Crippen LogP contribution in [0.4, 0.5) is 5.69 Å². The fourth-order valence-electron chi connectivity index (χ4n) is 1.63. The summed E-state index contributed by atoms with van der Waals surface area (Å²) in [5, 5.41) is 9.30. The van der Waals surface area contributed by atoms with Crippen LogP contribution in [0.5, 0.6) is 0 Å². The smallest absolute Gasteiger partial charge is 0.244 e. The number of carbonyl (C=O) groups excluding carboxylic acids is 2. The van der Waals surface area contributed by atoms with Crippen molar-refractivity contribution < 1.29 is 18.0 Å². The van der Waals surface area contributed by atoms with E-state index >= 15 is 0 Å². The molecule has 0 bridgehead atoms. The molecule has 21 heavy (non-hydrogen) atoms. The van der Waals surface area contributed by atoms with Gasteiger partial charge in [-0.15, -0.1) is 11.8 Å². The van der Waals surface area contributed by atoms with Gasteiger partial charge in [0.05, 0.1) is 10.6 Å². The Balaban J connectivity index is 1.98. The van der Waals surface area contributed by atoms with Crippen molar-refractivity contribution in [3.63, 3.8) is 0 Å². The summed E-state index contributed by atoms with van der Waals surface area (Å²) in [6.07, 6.45) is 1.56. The number of benzene rings is 1. The first kappa shape index (κ1) is 15.5. The Morgan fingerprint density at radius 1 is 1.33 bits per heavy atom. The topological polar surface area (TPSA) is 110 Å². The number of sulfonamides is 1. The molecule has 9 heteroatoms. The second-order valence-electron chi connectivity index (χ2n) is 4.24. The zero-order valence-corrected chi connectivity index (χ0v) is 12.5. The van der Waals surface area contributed by atoms with Gasteiger partial charge in [0.25, 0.3) is 0 Å². The van der Waals surface area contributed by atoms with Gasteiger partial charge in [0.15, 0.2) is 0 Å². The van der Waals surface area contributed by atoms with Crippen LogP contribution in [0.15, 0.2) is 40.8 Å². The third-order valence-electron chi connectivity index (χ3n) is 2.64. The van der Waals surface area contributed by atoms with Crippen LogP contribution in [0.25, 0.3) is 0 Å². The lowest BCUT2D eigenvalue weighted by molar-refractivity contribution is -0.129. The summed E-state index contributed by atoms with van der Waals surface area (Å²) < 4.78 is 22.2. The van der Waals surface area contributed by atoms with E-state index in [1.165, 1.54) is 40.9 Å². The van der Waals surface area contributed by atoms with Crippen LogP contribution in [0, 0.1) is 0 Å². The average molecular weight is 327 g/mol. The van der Waals surface area contributed by atoms with Crippen molar-refractivity contribution in [3.8, 4) is 0 Å². The van der Waals surface area contributed by atoms with Crippen molar-refractivity contribution in [2.24, 2.45) is 5.14 Å². The van der Waals surface area contributed by atoms with Crippen molar-refractivity contribution in [2.45, 2.75) is 4.90 Å². The molecule has 1 aromatic rings. The molecule has 0 aromatic heterocycles. The minimum absolute atomic E-state index is 0.0355. The number of rotatable bonds is 4. The number of nitrogens with zero attached hydrogens (tertiary/aromatic N) is 1. The molecule has 0 fully saturated rings. The largest absolute Gasteiger partial charge is 0.325 e. The molecule has 1 heterocycles. The SMILES string of the molecule is NS(=O)(=O)c1ccc(NC(=O)CN2C=CSCC2=O)cc1. The standard InChI is InChI=1S/C12H13N3O4S2/c13-21(18,19)10-3-1-9(2-4-10)14-11(16)7-15-5-6-20-8-12(15)17/h1-6H,7-8H2,(H,14,16)(H2,13,18,19). The molecule has 0 radical (unpaired) electrons. The van der Waals surface area contributed by atoms with Crippen LogP contribution in [0.3, 0.4) is 0 Å². The highest BCUT2D eigenvalue weighted by molar-refractivity contribution is 8.02. The van der Waals surface area contributed by atoms with E-state index < -0.39 is 10.0 Å². The molecule has 7 nitrogen and oxygen atoms in total. The van der Waals surface area contributed by atoms with E-state index in [1.807, 2.05) is 0 Å². The third kappa shape index (κ3) is 4.31. The Hall–Kier alpha value is -1.84. The van der Waals surface area contributed by atoms with E-state index in [0.717, 1.165) is 0 Å². The minimum Gasteiger partial charge on any atom is -0.325 e. The first-order valence-corrected chi connectivity index (χ1v) is 8.46. The predicted molar refractivity (Wildman–Crippen MR) is 79.8 cm³/mol. The van der Waals surface area contributed by atoms with Crippen molar-refractivity contribution in [2.75, 3.05) is 17.6 Å². The Labute approximate surface area is 126 Å². The number of amides is 2. The highest BCUT2D eigenvalue weighted by atomic mass is 32.2. The van der Waals surface area contributed by atoms with Crippen LogP contribution in [0.1, 0.15) is 0 Å². The molecule has 1 aromatic carbocycles. The number of thioether (sulfide) groups is 1. The molecule has 0 unspecified atom stereocenters. The number of nitrogens with two attached hydrogens (primary N) is 1. The highest BCUT2D eigenvalue weighted by Gasteiger charge is 2.17. The van der Waals surface area contributed by atoms with Gasteiger partial charge in [0, 0.05) is 11.9 Å². The molecule has 2 rings (SSSR count). The van der Waals surface area contributed by atoms with Crippen LogP contribution >= 0.6 is 11.8 Å². The fraction of sp³-hybridized carbons (Fsp3) is 0.167. The summed E-state index contributed by atoms with van der Waals surface area (Å²) in [4.78, 5) is 24.6. The van der Waals surface area contributed by atoms with Crippen molar-refractivity contribution >= 4 is 39.3 Å². The fourth-order valence-corrected chi connectivity index (χ4v) is 2.78. The summed E-state index contributed by atoms with van der Waals surface area (Å²) in [6, 6.07) is 5.46. The maximum Gasteiger partial charge on any atom is 0.244 e. The van der Waals surface area contributed by atoms with Gasteiger partial charge < -0.3 is 10.2 Å². The third-order valence-corrected chi connectivity index (χ3v) is 4.30. The van der Waals surface area contributed by atoms with Gasteiger partial charge >= 0.3 is 0 Å². The number of hydrogen-bond acceptors (Lipinski definition) is 5. The average Bonchev–Trinajstić information content (AvgIpc) is 2.41. The second kappa shape index (κ2) is 6.29. The minimum atomic E-state index is -3.76. The van der Waals surface area contributed by atoms with Crippen molar-refractivity contribution in [1.29, 1.82) is 0 Å². The Kier molecular flexibility index (Phi) is 4.66. The van der Waals surface area contributed by atoms with Gasteiger partial charge in [0.2, 0.25) is 21.8 Å². The van der Waals surface area contributed by atoms with E-state index in [9.17, 15) is 18.0 Å². The summed E-state index contributed by atoms with van der Waals surface area (Å²) in [5.41, 5.74) is 0.426. The second-order valence-corrected chi connectivity index (χ2v) is 6.69. The first-order valence-electron chi connectivity index (χ1n) is 5.87. The number of primary sulfonamides is 1. The lowest BCUT2D eigenvalue weighted by atomic mass is 10.3. The summed E-state index contributed by atoms with van der Waals surface area (Å²) in [5.74, 6) is -0.196. The number of carbonyl (C=O) groups is 2. The van der Waals surface area contributed by atoms with Crippen molar-refractivity contribution in [3.05, 3.63) is 35.9 Å². The molecule has 3 N–H and O–H groups in total. The molecule has 1 aliphatic rings. The zero-order chi connectivity index (χ0) is 15.5. The number of hydrogen-bond donors (Lipinski definition) is 2. The zero-order valence-electron chi connectivity index (χ0n) is 10.9. The van der Waals surface area contributed by atoms with Gasteiger partial charge in [-0.2, -0.15) is 0 Å². The molecule has 0 saturated carbocycles. The molecule has 1 aliphatic heterocycles. The molecule has 0 aliphatic carbocycles. The maximum absolute atomic E-state index is 11.8. The molecular formula is C12H13N3O4S2. The normalized spacial score (nSPS) is 15.1. The first-order chi connectivity index (χ1) is 9.86. The molecular weight excluding hydrogens is 314 g/mol. The van der Waals surface area contributed by atoms with Gasteiger partial charge in [0.1, 0.15) is 6.54 Å². The van der Waals surface area contributed by atoms with Crippen LogP contribution in [-0.2, 0) is 19.6 Å². The number of anilines is 1. The van der Waals surface area contributed by atoms with Crippen LogP contribution in [0.2, 0.25) is 0 Å². The summed E-state index contributed by atoms with van der Waals surface area (Å²) in [7, 11) is -3.76. The molecule has 0 saturated heterocycles. The molecule has 0 atom stereocenters. The summed E-state index contributed by atoms with van der Waals surface area (Å²) in [6.45, 7) is -0.0904. The van der Waals surface area contributed by atoms with Gasteiger partial charge in [-0.05, 0) is 29.7 Å². The van der Waals surface area contributed by atoms with Gasteiger partial charge in [-0.3, -0.25) is 9.59 Å². The predicted octanol–water partition coefficient (Wildman–Crippen LogP) is 0.319. The van der Waals surface area contributed by atoms with E-state index in [-0.39, 0.29) is 23.3 Å².